The summed E-state index contributed by atoms with van der Waals surface area (Å²) in [4.78, 5) is 22.9. The van der Waals surface area contributed by atoms with E-state index in [2.05, 4.69) is 9.69 Å². The minimum absolute atomic E-state index is 0.00207. The Kier molecular flexibility index (Phi) is 5.27. The fourth-order valence-corrected chi connectivity index (χ4v) is 1.76. The van der Waals surface area contributed by atoms with E-state index in [4.69, 9.17) is 4.74 Å². The maximum atomic E-state index is 11.6. The molecule has 0 bridgehead atoms. The molecular weight excluding hydrogens is 252 g/mol. The summed E-state index contributed by atoms with van der Waals surface area (Å²) in [5, 5.41) is 4.38. The van der Waals surface area contributed by atoms with Crippen LogP contribution in [0, 0.1) is 0 Å². The molecule has 1 rings (SSSR count). The highest BCUT2D eigenvalue weighted by atomic mass is 32.1. The number of hydrogen-bond donors (Lipinski definition) is 1. The number of carbonyl (C=O) groups is 2. The first-order valence-corrected chi connectivity index (χ1v) is 6.62. The van der Waals surface area contributed by atoms with E-state index >= 15 is 0 Å². The number of nitrogens with one attached hydrogen (secondary N) is 1. The molecule has 1 aromatic heterocycles. The van der Waals surface area contributed by atoms with Gasteiger partial charge in [-0.1, -0.05) is 0 Å². The first-order valence-electron chi connectivity index (χ1n) is 5.79. The van der Waals surface area contributed by atoms with Crippen LogP contribution >= 0.6 is 11.5 Å². The molecule has 0 aliphatic rings. The molecule has 1 aromatic rings. The third-order valence-electron chi connectivity index (χ3n) is 1.97. The number of Topliss-reactive ketones (excluding diaryl/α,β-unsaturated/α-hetero) is 1. The van der Waals surface area contributed by atoms with Crippen LogP contribution in [0.1, 0.15) is 44.1 Å². The minimum atomic E-state index is -0.500. The third kappa shape index (κ3) is 5.77. The number of amides is 1. The molecule has 0 unspecified atom stereocenters. The molecule has 6 heteroatoms. The van der Waals surface area contributed by atoms with Crippen molar-refractivity contribution >= 4 is 23.4 Å². The Morgan fingerprint density at radius 1 is 1.44 bits per heavy atom. The molecule has 0 aliphatic carbocycles. The van der Waals surface area contributed by atoms with Crippen molar-refractivity contribution in [2.45, 2.75) is 39.2 Å². The quantitative estimate of drug-likeness (QED) is 0.659. The number of ether oxygens (including phenoxy) is 1. The van der Waals surface area contributed by atoms with Crippen molar-refractivity contribution in [3.05, 3.63) is 17.1 Å². The van der Waals surface area contributed by atoms with Crippen LogP contribution in [0.15, 0.2) is 11.4 Å². The molecule has 1 heterocycles. The average Bonchev–Trinajstić information content (AvgIpc) is 2.74. The second-order valence-electron chi connectivity index (χ2n) is 4.84. The Hall–Kier alpha value is -1.43. The van der Waals surface area contributed by atoms with Gasteiger partial charge in [0.25, 0.3) is 0 Å². The first-order chi connectivity index (χ1) is 8.38. The summed E-state index contributed by atoms with van der Waals surface area (Å²) in [7, 11) is 0. The Morgan fingerprint density at radius 2 is 2.17 bits per heavy atom. The predicted molar refractivity (Wildman–Crippen MR) is 69.9 cm³/mol. The molecule has 0 radical (unpaired) electrons. The molecule has 0 atom stereocenters. The van der Waals surface area contributed by atoms with Gasteiger partial charge in [-0.3, -0.25) is 4.79 Å². The van der Waals surface area contributed by atoms with Gasteiger partial charge in [-0.15, -0.1) is 0 Å². The highest BCUT2D eigenvalue weighted by Crippen LogP contribution is 2.07. The number of alkyl carbamates (subject to hydrolysis) is 1. The standard InChI is InChI=1S/C12H18N2O3S/c1-12(2,3)17-11(16)13-7-4-5-10(15)9-6-8-18-14-9/h6,8H,4-5,7H2,1-3H3,(H,13,16). The molecule has 1 amide bonds. The lowest BCUT2D eigenvalue weighted by Gasteiger charge is -2.19. The van der Waals surface area contributed by atoms with E-state index in [1.807, 2.05) is 0 Å². The van der Waals surface area contributed by atoms with Crippen LogP contribution < -0.4 is 5.32 Å². The third-order valence-corrected chi connectivity index (χ3v) is 2.53. The Balaban J connectivity index is 2.16. The lowest BCUT2D eigenvalue weighted by atomic mass is 10.2. The first kappa shape index (κ1) is 14.6. The van der Waals surface area contributed by atoms with Crippen LogP contribution in [0.5, 0.6) is 0 Å². The zero-order chi connectivity index (χ0) is 13.6. The highest BCUT2D eigenvalue weighted by Gasteiger charge is 2.15. The summed E-state index contributed by atoms with van der Waals surface area (Å²) in [6.07, 6.45) is 0.499. The van der Waals surface area contributed by atoms with E-state index < -0.39 is 11.7 Å². The van der Waals surface area contributed by atoms with Crippen LogP contribution in [-0.4, -0.2) is 28.4 Å². The molecule has 1 N–H and O–H groups in total. The zero-order valence-electron chi connectivity index (χ0n) is 10.9. The molecule has 5 nitrogen and oxygen atoms in total. The van der Waals surface area contributed by atoms with E-state index in [1.54, 1.807) is 32.2 Å². The van der Waals surface area contributed by atoms with Gasteiger partial charge in [-0.2, -0.15) is 4.37 Å². The lowest BCUT2D eigenvalue weighted by Crippen LogP contribution is -2.33. The largest absolute Gasteiger partial charge is 0.444 e. The number of carbonyl (C=O) groups excluding carboxylic acids is 2. The van der Waals surface area contributed by atoms with Crippen LogP contribution in [-0.2, 0) is 4.74 Å². The Bertz CT molecular complexity index is 396. The van der Waals surface area contributed by atoms with E-state index in [0.717, 1.165) is 0 Å². The van der Waals surface area contributed by atoms with Gasteiger partial charge in [0, 0.05) is 18.3 Å². The summed E-state index contributed by atoms with van der Waals surface area (Å²) in [6.45, 7) is 5.83. The number of nitrogens with zero attached hydrogens (tertiary/aromatic N) is 1. The van der Waals surface area contributed by atoms with E-state index in [0.29, 0.717) is 25.1 Å². The van der Waals surface area contributed by atoms with Crippen LogP contribution in [0.25, 0.3) is 0 Å². The van der Waals surface area contributed by atoms with Crippen molar-refractivity contribution < 1.29 is 14.3 Å². The number of ketones is 1. The molecular formula is C12H18N2O3S. The highest BCUT2D eigenvalue weighted by molar-refractivity contribution is 7.03. The fourth-order valence-electron chi connectivity index (χ4n) is 1.24. The zero-order valence-corrected chi connectivity index (χ0v) is 11.7. The molecule has 0 saturated heterocycles. The number of aromatic nitrogens is 1. The Labute approximate surface area is 111 Å². The van der Waals surface area contributed by atoms with Crippen LogP contribution in [0.4, 0.5) is 4.79 Å². The van der Waals surface area contributed by atoms with Crippen molar-refractivity contribution in [2.75, 3.05) is 6.54 Å². The van der Waals surface area contributed by atoms with Crippen LogP contribution in [0.3, 0.4) is 0 Å². The molecule has 0 spiro atoms. The van der Waals surface area contributed by atoms with Crippen molar-refractivity contribution in [1.82, 2.24) is 9.69 Å². The van der Waals surface area contributed by atoms with Crippen LogP contribution in [0.2, 0.25) is 0 Å². The summed E-state index contributed by atoms with van der Waals surface area (Å²) >= 11 is 1.26. The van der Waals surface area contributed by atoms with Gasteiger partial charge < -0.3 is 10.1 Å². The topological polar surface area (TPSA) is 68.3 Å². The molecule has 100 valence electrons. The van der Waals surface area contributed by atoms with Gasteiger partial charge in [0.15, 0.2) is 5.78 Å². The minimum Gasteiger partial charge on any atom is -0.444 e. The van der Waals surface area contributed by atoms with E-state index in [9.17, 15) is 9.59 Å². The van der Waals surface area contributed by atoms with E-state index in [-0.39, 0.29) is 5.78 Å². The van der Waals surface area contributed by atoms with Crippen molar-refractivity contribution in [3.63, 3.8) is 0 Å². The van der Waals surface area contributed by atoms with E-state index in [1.165, 1.54) is 11.5 Å². The van der Waals surface area contributed by atoms with Crippen molar-refractivity contribution in [1.29, 1.82) is 0 Å². The second kappa shape index (κ2) is 6.49. The summed E-state index contributed by atoms with van der Waals surface area (Å²) in [5.74, 6) is 0.00207. The summed E-state index contributed by atoms with van der Waals surface area (Å²) < 4.78 is 9.03. The smallest absolute Gasteiger partial charge is 0.407 e. The Morgan fingerprint density at radius 3 is 2.72 bits per heavy atom. The maximum Gasteiger partial charge on any atom is 0.407 e. The average molecular weight is 270 g/mol. The van der Waals surface area contributed by atoms with Crippen molar-refractivity contribution in [2.24, 2.45) is 0 Å². The van der Waals surface area contributed by atoms with Gasteiger partial charge in [0.2, 0.25) is 0 Å². The van der Waals surface area contributed by atoms with Gasteiger partial charge >= 0.3 is 6.09 Å². The summed E-state index contributed by atoms with van der Waals surface area (Å²) in [6, 6.07) is 1.70. The summed E-state index contributed by atoms with van der Waals surface area (Å²) in [5.41, 5.74) is -0.00203. The monoisotopic (exact) mass is 270 g/mol. The fraction of sp³-hybridized carbons (Fsp3) is 0.583. The number of rotatable bonds is 5. The molecule has 18 heavy (non-hydrogen) atoms. The lowest BCUT2D eigenvalue weighted by molar-refractivity contribution is 0.0525. The van der Waals surface area contributed by atoms with Gasteiger partial charge in [0.1, 0.15) is 11.3 Å². The van der Waals surface area contributed by atoms with Crippen molar-refractivity contribution in [3.8, 4) is 0 Å². The molecule has 0 fully saturated rings. The van der Waals surface area contributed by atoms with Gasteiger partial charge in [0.05, 0.1) is 0 Å². The molecule has 0 aromatic carbocycles. The van der Waals surface area contributed by atoms with Gasteiger partial charge in [-0.25, -0.2) is 4.79 Å². The number of hydrogen-bond acceptors (Lipinski definition) is 5. The second-order valence-corrected chi connectivity index (χ2v) is 5.51. The SMILES string of the molecule is CC(C)(C)OC(=O)NCCCC(=O)c1ccsn1. The van der Waals surface area contributed by atoms with Gasteiger partial charge in [-0.05, 0) is 44.8 Å². The molecule has 0 aliphatic heterocycles. The predicted octanol–water partition coefficient (Wildman–Crippen LogP) is 2.63. The molecule has 0 saturated carbocycles. The normalized spacial score (nSPS) is 11.1. The maximum absolute atomic E-state index is 11.6.